The number of carbonyl (C=O) groups excluding carboxylic acids is 2. The van der Waals surface area contributed by atoms with Crippen molar-refractivity contribution in [3.05, 3.63) is 95.7 Å². The molecule has 12 heteroatoms. The first-order valence-electron chi connectivity index (χ1n) is 21.5. The Kier molecular flexibility index (Phi) is 14.3. The number of benzene rings is 3. The van der Waals surface area contributed by atoms with Crippen molar-refractivity contribution in [2.24, 2.45) is 29.1 Å². The van der Waals surface area contributed by atoms with E-state index in [4.69, 9.17) is 9.57 Å². The summed E-state index contributed by atoms with van der Waals surface area (Å²) in [6, 6.07) is 20.8. The highest BCUT2D eigenvalue weighted by atomic mass is 16.7. The maximum atomic E-state index is 14.4. The second-order valence-electron chi connectivity index (χ2n) is 18.3. The lowest BCUT2D eigenvalue weighted by Crippen LogP contribution is -2.62. The molecule has 4 aliphatic rings. The first kappa shape index (κ1) is 45.1. The Morgan fingerprint density at radius 1 is 1.07 bits per heavy atom. The molecule has 9 atom stereocenters. The Morgan fingerprint density at radius 2 is 1.80 bits per heavy atom. The Morgan fingerprint density at radius 3 is 2.42 bits per heavy atom. The molecule has 1 heterocycles. The normalized spacial score (nSPS) is 25.5. The van der Waals surface area contributed by atoms with E-state index in [0.717, 1.165) is 40.1 Å². The average Bonchev–Trinajstić information content (AvgIpc) is 3.59. The van der Waals surface area contributed by atoms with Gasteiger partial charge < -0.3 is 40.7 Å². The third kappa shape index (κ3) is 9.68. The average molecular weight is 825 g/mol. The number of rotatable bonds is 18. The van der Waals surface area contributed by atoms with Gasteiger partial charge in [-0.05, 0) is 92.8 Å². The Hall–Kier alpha value is -4.46. The molecule has 2 bridgehead atoms. The summed E-state index contributed by atoms with van der Waals surface area (Å²) in [6.45, 7) is 13.7. The zero-order chi connectivity index (χ0) is 43.5. The van der Waals surface area contributed by atoms with E-state index >= 15 is 0 Å². The third-order valence-corrected chi connectivity index (χ3v) is 13.6. The van der Waals surface area contributed by atoms with Crippen LogP contribution in [0, 0.1) is 29.1 Å². The van der Waals surface area contributed by atoms with Crippen LogP contribution < -0.4 is 25.6 Å². The van der Waals surface area contributed by atoms with E-state index in [0.29, 0.717) is 48.6 Å². The molecule has 0 unspecified atom stereocenters. The van der Waals surface area contributed by atoms with Crippen LogP contribution in [0.5, 0.6) is 5.75 Å². The molecular formula is C48H68N6O6. The molecule has 3 aromatic carbocycles. The molecule has 0 spiro atoms. The summed E-state index contributed by atoms with van der Waals surface area (Å²) in [5.41, 5.74) is 5.81. The fraction of sp³-hybridized carbons (Fsp3) is 0.542. The number of hydrogen-bond donors (Lipinski definition) is 5. The SMILES string of the molecule is C=C(CN(C)c1cc(C(=O)N[C@@H](Cc2ccccc2)CN(C)C)cc(-c2cccc(CN3O[C@@H](CO)[C@@H]([C@H](C)O)[C@H]3C(=O)N[C@H]3C[C@H]4C[C@@H]([C@@H]3C)C4(C)C)c2OC)c1)NC. The number of nitrogens with one attached hydrogen (secondary N) is 3. The van der Waals surface area contributed by atoms with E-state index in [2.05, 4.69) is 60.3 Å². The number of likely N-dealkylation sites (N-methyl/N-ethyl adjacent to an activating group) is 3. The number of aliphatic hydroxyl groups excluding tert-OH is 2. The van der Waals surface area contributed by atoms with Gasteiger partial charge in [0, 0.05) is 66.7 Å². The third-order valence-electron chi connectivity index (χ3n) is 13.6. The number of carbonyl (C=O) groups is 2. The highest BCUT2D eigenvalue weighted by Crippen LogP contribution is 2.61. The van der Waals surface area contributed by atoms with Crippen LogP contribution in [-0.2, 0) is 22.6 Å². The maximum Gasteiger partial charge on any atom is 0.251 e. The number of para-hydroxylation sites is 1. The van der Waals surface area contributed by atoms with Crippen LogP contribution in [0.15, 0.2) is 79.0 Å². The van der Waals surface area contributed by atoms with E-state index < -0.39 is 24.2 Å². The quantitative estimate of drug-likeness (QED) is 0.118. The number of fused-ring (bicyclic) bond motifs is 2. The minimum Gasteiger partial charge on any atom is -0.496 e. The topological polar surface area (TPSA) is 139 Å². The molecule has 0 aromatic heterocycles. The van der Waals surface area contributed by atoms with Gasteiger partial charge in [0.2, 0.25) is 5.91 Å². The molecule has 12 nitrogen and oxygen atoms in total. The van der Waals surface area contributed by atoms with E-state index in [1.165, 1.54) is 6.42 Å². The number of nitrogens with zero attached hydrogens (tertiary/aromatic N) is 3. The molecule has 60 heavy (non-hydrogen) atoms. The molecule has 5 N–H and O–H groups in total. The smallest absolute Gasteiger partial charge is 0.251 e. The lowest BCUT2D eigenvalue weighted by Gasteiger charge is -2.62. The first-order valence-corrected chi connectivity index (χ1v) is 21.5. The molecule has 3 aromatic rings. The van der Waals surface area contributed by atoms with Crippen molar-refractivity contribution in [3.8, 4) is 16.9 Å². The van der Waals surface area contributed by atoms with Crippen molar-refractivity contribution in [2.45, 2.75) is 83.8 Å². The highest BCUT2D eigenvalue weighted by molar-refractivity contribution is 5.97. The number of ether oxygens (including phenoxy) is 1. The van der Waals surface area contributed by atoms with Crippen LogP contribution in [0.4, 0.5) is 5.69 Å². The monoisotopic (exact) mass is 825 g/mol. The molecule has 3 aliphatic carbocycles. The maximum absolute atomic E-state index is 14.4. The van der Waals surface area contributed by atoms with Crippen molar-refractivity contribution >= 4 is 17.5 Å². The van der Waals surface area contributed by atoms with Gasteiger partial charge in [0.25, 0.3) is 5.91 Å². The molecule has 3 saturated carbocycles. The Balaban J connectivity index is 1.32. The van der Waals surface area contributed by atoms with Gasteiger partial charge in [-0.1, -0.05) is 75.9 Å². The number of aliphatic hydroxyl groups is 2. The number of hydroxylamine groups is 2. The van der Waals surface area contributed by atoms with Crippen LogP contribution in [0.25, 0.3) is 11.1 Å². The molecule has 1 aliphatic heterocycles. The van der Waals surface area contributed by atoms with Crippen molar-refractivity contribution in [1.29, 1.82) is 0 Å². The molecule has 0 radical (unpaired) electrons. The number of anilines is 1. The lowest BCUT2D eigenvalue weighted by molar-refractivity contribution is -0.183. The molecule has 2 amide bonds. The number of amides is 2. The van der Waals surface area contributed by atoms with Gasteiger partial charge in [0.05, 0.1) is 32.9 Å². The summed E-state index contributed by atoms with van der Waals surface area (Å²) in [4.78, 5) is 39.1. The van der Waals surface area contributed by atoms with Crippen molar-refractivity contribution in [2.75, 3.05) is 59.9 Å². The second kappa shape index (κ2) is 19.1. The zero-order valence-corrected chi connectivity index (χ0v) is 37.1. The van der Waals surface area contributed by atoms with Gasteiger partial charge in [0.1, 0.15) is 17.9 Å². The van der Waals surface area contributed by atoms with Gasteiger partial charge in [-0.3, -0.25) is 14.4 Å². The van der Waals surface area contributed by atoms with Gasteiger partial charge in [0.15, 0.2) is 0 Å². The fourth-order valence-corrected chi connectivity index (χ4v) is 10.2. The Labute approximate surface area is 357 Å². The van der Waals surface area contributed by atoms with Crippen LogP contribution in [-0.4, -0.2) is 117 Å². The molecule has 4 fully saturated rings. The number of hydrogen-bond acceptors (Lipinski definition) is 10. The standard InChI is InChI=1S/C48H68N6O6/c1-29(49-6)25-53(9)38-21-34(20-35(22-38)46(57)50-37(27-52(7)8)19-32-15-12-11-13-16-32)39-18-14-17-33(45(39)59-10)26-54-44(43(31(3)56)42(28-55)60-54)47(58)51-41-24-36-23-40(30(41)2)48(36,4)5/h11-18,20-22,30-31,36-37,40-44,49,55-56H,1,19,23-28H2,2-10H3,(H,50,57)(H,51,58)/t30-,31-,36+,37-,40-,41-,42-,43+,44-/m0/s1. The molecule has 326 valence electrons. The summed E-state index contributed by atoms with van der Waals surface area (Å²) in [5, 5.41) is 32.9. The minimum atomic E-state index is -0.916. The largest absolute Gasteiger partial charge is 0.496 e. The fourth-order valence-electron chi connectivity index (χ4n) is 10.2. The predicted molar refractivity (Wildman–Crippen MR) is 237 cm³/mol. The van der Waals surface area contributed by atoms with Crippen LogP contribution >= 0.6 is 0 Å². The van der Waals surface area contributed by atoms with E-state index in [-0.39, 0.29) is 42.5 Å². The van der Waals surface area contributed by atoms with Crippen LogP contribution in [0.3, 0.4) is 0 Å². The summed E-state index contributed by atoms with van der Waals surface area (Å²) in [5.74, 6) is 0.924. The van der Waals surface area contributed by atoms with Gasteiger partial charge in [-0.25, -0.2) is 0 Å². The Bertz CT molecular complexity index is 1970. The van der Waals surface area contributed by atoms with Crippen LogP contribution in [0.1, 0.15) is 62.0 Å². The van der Waals surface area contributed by atoms with Gasteiger partial charge in [-0.2, -0.15) is 5.06 Å². The first-order chi connectivity index (χ1) is 28.6. The second-order valence-corrected chi connectivity index (χ2v) is 18.3. The zero-order valence-electron chi connectivity index (χ0n) is 37.1. The molecule has 7 rings (SSSR count). The molecular weight excluding hydrogens is 757 g/mol. The van der Waals surface area contributed by atoms with Crippen molar-refractivity contribution < 1.29 is 29.4 Å². The summed E-state index contributed by atoms with van der Waals surface area (Å²) >= 11 is 0. The van der Waals surface area contributed by atoms with E-state index in [9.17, 15) is 19.8 Å². The summed E-state index contributed by atoms with van der Waals surface area (Å²) in [6.07, 6.45) is 1.10. The van der Waals surface area contributed by atoms with E-state index in [1.807, 2.05) is 87.7 Å². The van der Waals surface area contributed by atoms with Gasteiger partial charge in [-0.15, -0.1) is 0 Å². The highest BCUT2D eigenvalue weighted by Gasteiger charge is 2.57. The lowest BCUT2D eigenvalue weighted by atomic mass is 9.45. The summed E-state index contributed by atoms with van der Waals surface area (Å²) in [7, 11) is 9.41. The summed E-state index contributed by atoms with van der Waals surface area (Å²) < 4.78 is 6.17. The van der Waals surface area contributed by atoms with Crippen molar-refractivity contribution in [3.63, 3.8) is 0 Å². The minimum absolute atomic E-state index is 0.0235. The van der Waals surface area contributed by atoms with Crippen LogP contribution in [0.2, 0.25) is 0 Å². The van der Waals surface area contributed by atoms with E-state index in [1.54, 1.807) is 19.1 Å². The van der Waals surface area contributed by atoms with Crippen molar-refractivity contribution in [1.82, 2.24) is 25.9 Å². The van der Waals surface area contributed by atoms with Gasteiger partial charge >= 0.3 is 0 Å². The molecule has 1 saturated heterocycles. The number of methoxy groups -OCH3 is 1. The predicted octanol–water partition coefficient (Wildman–Crippen LogP) is 5.09.